The second-order valence-corrected chi connectivity index (χ2v) is 5.37. The Labute approximate surface area is 93.8 Å². The summed E-state index contributed by atoms with van der Waals surface area (Å²) in [5.74, 6) is 1.50. The highest BCUT2D eigenvalue weighted by Gasteiger charge is 2.61. The van der Waals surface area contributed by atoms with Gasteiger partial charge in [-0.3, -0.25) is 14.5 Å². The monoisotopic (exact) mass is 215 g/mol. The summed E-state index contributed by atoms with van der Waals surface area (Å²) < 4.78 is 0. The summed E-state index contributed by atoms with van der Waals surface area (Å²) >= 11 is 0. The normalized spacial score (nSPS) is 51.7. The van der Waals surface area contributed by atoms with Crippen LogP contribution in [0.3, 0.4) is 0 Å². The maximum Gasteiger partial charge on any atom is 0.233 e. The van der Waals surface area contributed by atoms with Crippen LogP contribution in [-0.4, -0.2) is 23.8 Å². The van der Waals surface area contributed by atoms with Gasteiger partial charge in [0.05, 0.1) is 11.8 Å². The van der Waals surface area contributed by atoms with E-state index in [2.05, 4.69) is 24.3 Å². The zero-order chi connectivity index (χ0) is 11.0. The van der Waals surface area contributed by atoms with Crippen molar-refractivity contribution in [3.05, 3.63) is 24.3 Å². The second kappa shape index (κ2) is 2.47. The standard InChI is InChI=1S/C13H13NO2/c1-14-12(15)10-8-4-5-9(11(10)13(14)16)7-3-2-6(7)8/h2-11H,1H3. The van der Waals surface area contributed by atoms with E-state index in [1.807, 2.05) is 0 Å². The molecule has 82 valence electrons. The predicted molar refractivity (Wildman–Crippen MR) is 57.0 cm³/mol. The van der Waals surface area contributed by atoms with Crippen LogP contribution < -0.4 is 0 Å². The maximum absolute atomic E-state index is 12.1. The van der Waals surface area contributed by atoms with Crippen LogP contribution in [0.25, 0.3) is 0 Å². The quantitative estimate of drug-likeness (QED) is 0.443. The summed E-state index contributed by atoms with van der Waals surface area (Å²) in [6.45, 7) is 0. The lowest BCUT2D eigenvalue weighted by Gasteiger charge is -2.51. The minimum Gasteiger partial charge on any atom is -0.285 e. The summed E-state index contributed by atoms with van der Waals surface area (Å²) in [6, 6.07) is 0. The predicted octanol–water partition coefficient (Wildman–Crippen LogP) is 0.835. The van der Waals surface area contributed by atoms with Gasteiger partial charge in [0.1, 0.15) is 0 Å². The molecule has 0 radical (unpaired) electrons. The first-order chi connectivity index (χ1) is 7.70. The zero-order valence-electron chi connectivity index (χ0n) is 9.04. The van der Waals surface area contributed by atoms with E-state index in [1.54, 1.807) is 7.05 Å². The Bertz CT molecular complexity index is 425. The first-order valence-corrected chi connectivity index (χ1v) is 5.88. The Morgan fingerprint density at radius 2 is 1.19 bits per heavy atom. The second-order valence-electron chi connectivity index (χ2n) is 5.37. The zero-order valence-corrected chi connectivity index (χ0v) is 9.04. The van der Waals surface area contributed by atoms with Crippen LogP contribution in [-0.2, 0) is 9.59 Å². The highest BCUT2D eigenvalue weighted by Crippen LogP contribution is 2.58. The van der Waals surface area contributed by atoms with Crippen molar-refractivity contribution in [2.75, 3.05) is 7.05 Å². The van der Waals surface area contributed by atoms with E-state index in [4.69, 9.17) is 0 Å². The molecule has 0 aromatic carbocycles. The number of hydrogen-bond donors (Lipinski definition) is 0. The number of imide groups is 1. The summed E-state index contributed by atoms with van der Waals surface area (Å²) in [7, 11) is 1.62. The molecule has 1 aliphatic heterocycles. The summed E-state index contributed by atoms with van der Waals surface area (Å²) in [5.41, 5.74) is 0. The lowest BCUT2D eigenvalue weighted by atomic mass is 9.50. The van der Waals surface area contributed by atoms with Gasteiger partial charge in [0, 0.05) is 7.05 Å². The fraction of sp³-hybridized carbons (Fsp3) is 0.538. The van der Waals surface area contributed by atoms with Crippen molar-refractivity contribution in [3.8, 4) is 0 Å². The van der Waals surface area contributed by atoms with E-state index >= 15 is 0 Å². The average molecular weight is 215 g/mol. The first kappa shape index (κ1) is 8.74. The van der Waals surface area contributed by atoms with E-state index in [0.717, 1.165) is 0 Å². The van der Waals surface area contributed by atoms with Gasteiger partial charge in [0.15, 0.2) is 0 Å². The molecular weight excluding hydrogens is 202 g/mol. The SMILES string of the molecule is CN1C(=O)C2C3C=CC(C4C=CC43)C2C1=O. The average Bonchev–Trinajstić information content (AvgIpc) is 2.45. The number of carbonyl (C=O) groups is 2. The molecular formula is C13H13NO2. The van der Waals surface area contributed by atoms with Crippen LogP contribution in [0.1, 0.15) is 0 Å². The molecule has 2 bridgehead atoms. The number of nitrogens with zero attached hydrogens (tertiary/aromatic N) is 1. The Hall–Kier alpha value is -1.38. The van der Waals surface area contributed by atoms with Gasteiger partial charge in [-0.1, -0.05) is 24.3 Å². The van der Waals surface area contributed by atoms with Gasteiger partial charge in [-0.05, 0) is 23.7 Å². The molecule has 1 heterocycles. The van der Waals surface area contributed by atoms with Crippen molar-refractivity contribution >= 4 is 11.8 Å². The number of likely N-dealkylation sites (tertiary alicyclic amines) is 1. The van der Waals surface area contributed by atoms with Crippen LogP contribution in [0.2, 0.25) is 0 Å². The molecule has 1 saturated carbocycles. The van der Waals surface area contributed by atoms with Crippen LogP contribution in [0.5, 0.6) is 0 Å². The molecule has 0 N–H and O–H groups in total. The highest BCUT2D eigenvalue weighted by molar-refractivity contribution is 6.05. The third-order valence-electron chi connectivity index (χ3n) is 4.89. The molecule has 3 nitrogen and oxygen atoms in total. The number of rotatable bonds is 0. The lowest BCUT2D eigenvalue weighted by molar-refractivity contribution is -0.138. The van der Waals surface area contributed by atoms with Crippen LogP contribution in [0.15, 0.2) is 24.3 Å². The van der Waals surface area contributed by atoms with Crippen molar-refractivity contribution in [2.45, 2.75) is 0 Å². The molecule has 0 aromatic rings. The van der Waals surface area contributed by atoms with Gasteiger partial charge in [0.25, 0.3) is 0 Å². The Morgan fingerprint density at radius 3 is 1.56 bits per heavy atom. The summed E-state index contributed by atoms with van der Waals surface area (Å²) in [6.07, 6.45) is 8.75. The number of hydrogen-bond acceptors (Lipinski definition) is 2. The Kier molecular flexibility index (Phi) is 1.35. The molecule has 0 spiro atoms. The van der Waals surface area contributed by atoms with Crippen molar-refractivity contribution < 1.29 is 9.59 Å². The van der Waals surface area contributed by atoms with Gasteiger partial charge < -0.3 is 0 Å². The molecule has 4 aliphatic carbocycles. The number of amides is 2. The van der Waals surface area contributed by atoms with Crippen molar-refractivity contribution in [2.24, 2.45) is 35.5 Å². The van der Waals surface area contributed by atoms with Crippen LogP contribution >= 0.6 is 0 Å². The van der Waals surface area contributed by atoms with Gasteiger partial charge in [-0.25, -0.2) is 0 Å². The molecule has 5 aliphatic rings. The molecule has 6 atom stereocenters. The Morgan fingerprint density at radius 1 is 0.812 bits per heavy atom. The van der Waals surface area contributed by atoms with Gasteiger partial charge in [-0.15, -0.1) is 0 Å². The largest absolute Gasteiger partial charge is 0.285 e. The Balaban J connectivity index is 1.87. The first-order valence-electron chi connectivity index (χ1n) is 5.88. The smallest absolute Gasteiger partial charge is 0.233 e. The molecule has 5 rings (SSSR count). The fourth-order valence-electron chi connectivity index (χ4n) is 4.04. The third-order valence-corrected chi connectivity index (χ3v) is 4.89. The molecule has 0 aromatic heterocycles. The van der Waals surface area contributed by atoms with E-state index in [9.17, 15) is 9.59 Å². The molecule has 16 heavy (non-hydrogen) atoms. The highest BCUT2D eigenvalue weighted by atomic mass is 16.2. The minimum atomic E-state index is -0.0706. The maximum atomic E-state index is 12.1. The lowest BCUT2D eigenvalue weighted by Crippen LogP contribution is -2.50. The van der Waals surface area contributed by atoms with Gasteiger partial charge >= 0.3 is 0 Å². The van der Waals surface area contributed by atoms with Crippen LogP contribution in [0.4, 0.5) is 0 Å². The van der Waals surface area contributed by atoms with Crippen LogP contribution in [0, 0.1) is 35.5 Å². The van der Waals surface area contributed by atoms with E-state index in [0.29, 0.717) is 11.8 Å². The summed E-state index contributed by atoms with van der Waals surface area (Å²) in [5, 5.41) is 0. The van der Waals surface area contributed by atoms with E-state index in [-0.39, 0.29) is 35.5 Å². The summed E-state index contributed by atoms with van der Waals surface area (Å²) in [4.78, 5) is 25.5. The fourth-order valence-corrected chi connectivity index (χ4v) is 4.04. The van der Waals surface area contributed by atoms with E-state index < -0.39 is 0 Å². The van der Waals surface area contributed by atoms with Crippen molar-refractivity contribution in [1.29, 1.82) is 0 Å². The molecule has 2 fully saturated rings. The topological polar surface area (TPSA) is 37.4 Å². The molecule has 2 amide bonds. The van der Waals surface area contributed by atoms with Gasteiger partial charge in [-0.2, -0.15) is 0 Å². The molecule has 1 saturated heterocycles. The minimum absolute atomic E-state index is 0.0353. The van der Waals surface area contributed by atoms with Gasteiger partial charge in [0.2, 0.25) is 11.8 Å². The molecule has 6 unspecified atom stereocenters. The number of carbonyl (C=O) groups excluding carboxylic acids is 2. The van der Waals surface area contributed by atoms with E-state index in [1.165, 1.54) is 4.90 Å². The molecule has 3 heteroatoms. The third kappa shape index (κ3) is 0.721. The number of allylic oxidation sites excluding steroid dienone is 4. The van der Waals surface area contributed by atoms with Crippen molar-refractivity contribution in [3.63, 3.8) is 0 Å². The van der Waals surface area contributed by atoms with Crippen molar-refractivity contribution in [1.82, 2.24) is 4.90 Å².